The fraction of sp³-hybridized carbons (Fsp3) is 0.138. The smallest absolute Gasteiger partial charge is 0.300 e. The molecule has 10 aromatic heterocycles. The van der Waals surface area contributed by atoms with Crippen LogP contribution in [0.2, 0.25) is 5.15 Å². The van der Waals surface area contributed by atoms with E-state index in [0.29, 0.717) is 73.5 Å². The van der Waals surface area contributed by atoms with Crippen molar-refractivity contribution in [2.75, 3.05) is 32.4 Å². The number of carboxylic acids is 1. The van der Waals surface area contributed by atoms with Gasteiger partial charge in [0.05, 0.1) is 67.0 Å². The van der Waals surface area contributed by atoms with E-state index in [-0.39, 0.29) is 134 Å². The molecular weight excluding hydrogens is 1750 g/mol. The predicted octanol–water partition coefficient (Wildman–Crippen LogP) is 17.3. The molecule has 0 aliphatic rings. The number of carbonyl (C=O) groups is 2. The molecule has 38 nitrogen and oxygen atoms in total. The molecule has 126 heavy (non-hydrogen) atoms. The van der Waals surface area contributed by atoms with Crippen molar-refractivity contribution >= 4 is 124 Å². The molecule has 0 fully saturated rings. The van der Waals surface area contributed by atoms with Gasteiger partial charge < -0.3 is 83.4 Å². The number of aromatic nitrogens is 15. The standard InChI is InChI=1S/C23H20FN5O3S.C14H11FN4O4.C14H13FN4O2.C12H7FN4O3.C6H4ClN3.C6H4FNO3.C2H4O2.3CH4.Fe/c1-31-14-29-10-9-18-21(29)22(26-13-25-18)32-19-8-7-16(12-17(19)24)27-23(33)28-20(30)11-15-5-3-2-4-6-15;1-22-8-18-5-4-11-13(18)14(17-7-16-11)23-12-3-2-9(19(20)21)6-10(12)15;1-20-8-19-5-4-11-13(19)14(18-7-17-11)21-12-3-2-9(16)6-10(12)15;13-8-5-7(17(18)19)1-2-10(8)20-12-11-9(3-4-14-11)15-6-16-12;7-6-5-4(1-2-8-5)9-3-10-6;7-5-3-4(8(10)11)1-2-6(5)9;1-2(3)4;;;;/h2-10,12-13H,11,14H2,1H3,(H2,27,28,30,33);2-7H,8H2,1H3;2-7H,8,16H2,1H3;1-6,14H;1-3,8H;1-3,9H;1H3,(H,3,4);3*1H4;. The first-order chi connectivity index (χ1) is 58.7. The number of hydrogen-bond acceptors (Lipinski definition) is 28. The number of hydrogen-bond donors (Lipinski definition) is 7. The Morgan fingerprint density at radius 2 is 0.857 bits per heavy atom. The maximum atomic E-state index is 14.7. The van der Waals surface area contributed by atoms with Gasteiger partial charge in [-0.2, -0.15) is 19.9 Å². The van der Waals surface area contributed by atoms with Crippen LogP contribution in [-0.2, 0) is 67.5 Å². The van der Waals surface area contributed by atoms with Crippen LogP contribution in [0.3, 0.4) is 0 Å². The van der Waals surface area contributed by atoms with Crippen LogP contribution >= 0.6 is 23.8 Å². The van der Waals surface area contributed by atoms with Gasteiger partial charge in [0.15, 0.2) is 68.1 Å². The summed E-state index contributed by atoms with van der Waals surface area (Å²) >= 11 is 10.9. The van der Waals surface area contributed by atoms with Gasteiger partial charge in [-0.05, 0) is 90.6 Å². The maximum Gasteiger partial charge on any atom is 0.300 e. The van der Waals surface area contributed by atoms with Crippen molar-refractivity contribution in [3.05, 3.63) is 284 Å². The Morgan fingerprint density at radius 1 is 0.492 bits per heavy atom. The molecule has 10 heterocycles. The number of nitrogens with one attached hydrogen (secondary N) is 4. The Balaban J connectivity index is 0.000000238. The first-order valence-corrected chi connectivity index (χ1v) is 35.5. The number of nitro benzene ring substituents is 3. The monoisotopic (exact) mass is 1820 g/mol. The average Bonchev–Trinajstić information content (AvgIpc) is 1.61. The second kappa shape index (κ2) is 47.7. The van der Waals surface area contributed by atoms with Gasteiger partial charge in [0.2, 0.25) is 29.4 Å². The van der Waals surface area contributed by atoms with E-state index in [9.17, 15) is 57.1 Å². The summed E-state index contributed by atoms with van der Waals surface area (Å²) in [5.41, 5.74) is 12.5. The van der Waals surface area contributed by atoms with Gasteiger partial charge in [-0.3, -0.25) is 39.9 Å². The third-order valence-corrected chi connectivity index (χ3v) is 16.3. The van der Waals surface area contributed by atoms with Crippen molar-refractivity contribution in [2.45, 2.75) is 55.8 Å². The number of phenolic OH excluding ortho intramolecular Hbond substituents is 1. The SMILES string of the molecule is C.C.C.CC(=O)O.COCn1ccc2ncnc(Oc3ccc(N)cc3F)c21.COCn1ccc2ncnc(Oc3ccc(NC(=S)NC(=O)Cc4ccccc4)cc3F)c21.COCn1ccc2ncnc(Oc3ccc([N+](=O)[O-])cc3F)c21.Clc1ncnc2cc[nH]c12.O=[N+]([O-])c1ccc(O)c(F)c1.O=[N+]([O-])c1ccc(Oc2ncnc3cc[nH]c23)c(F)c1.[Fe]. The minimum Gasteiger partial charge on any atom is -0.505 e. The number of methoxy groups -OCH3 is 3. The van der Waals surface area contributed by atoms with Crippen LogP contribution in [-0.4, -0.2) is 137 Å². The van der Waals surface area contributed by atoms with Crippen molar-refractivity contribution in [1.29, 1.82) is 0 Å². The van der Waals surface area contributed by atoms with E-state index in [0.717, 1.165) is 59.9 Å². The number of thiocarbonyl (C=S) groups is 1. The number of carboxylic acid groups (broad SMARTS) is 1. The minimum atomic E-state index is -0.987. The third-order valence-electron chi connectivity index (χ3n) is 15.8. The van der Waals surface area contributed by atoms with Crippen LogP contribution in [0.25, 0.3) is 55.2 Å². The molecule has 0 aliphatic heterocycles. The summed E-state index contributed by atoms with van der Waals surface area (Å²) in [4.78, 5) is 96.4. The number of non-ortho nitro benzene ring substituents is 3. The number of aromatic hydroxyl groups is 1. The first kappa shape index (κ1) is 99.4. The van der Waals surface area contributed by atoms with Crippen LogP contribution in [0.1, 0.15) is 34.8 Å². The van der Waals surface area contributed by atoms with Crippen molar-refractivity contribution in [3.63, 3.8) is 0 Å². The molecule has 0 radical (unpaired) electrons. The summed E-state index contributed by atoms with van der Waals surface area (Å²) in [6, 6.07) is 35.6. The molecule has 8 N–H and O–H groups in total. The van der Waals surface area contributed by atoms with E-state index in [1.807, 2.05) is 42.5 Å². The predicted molar refractivity (Wildman–Crippen MR) is 453 cm³/mol. The number of rotatable bonds is 20. The molecule has 16 rings (SSSR count). The van der Waals surface area contributed by atoms with E-state index >= 15 is 0 Å². The molecule has 658 valence electrons. The van der Waals surface area contributed by atoms with Crippen LogP contribution in [0.15, 0.2) is 214 Å². The number of nitrogens with two attached hydrogens (primary N) is 1. The number of phenols is 1. The number of nitrogen functional groups attached to an aromatic ring is 1. The van der Waals surface area contributed by atoms with E-state index in [2.05, 4.69) is 70.4 Å². The van der Waals surface area contributed by atoms with Gasteiger partial charge >= 0.3 is 0 Å². The van der Waals surface area contributed by atoms with E-state index in [1.165, 1.54) is 75.1 Å². The van der Waals surface area contributed by atoms with Crippen molar-refractivity contribution in [2.24, 2.45) is 0 Å². The number of fused-ring (bicyclic) bond motifs is 5. The van der Waals surface area contributed by atoms with Crippen LogP contribution in [0.5, 0.6) is 52.3 Å². The number of nitro groups is 3. The van der Waals surface area contributed by atoms with E-state index in [1.54, 1.807) is 89.2 Å². The topological polar surface area (TPSA) is 494 Å². The summed E-state index contributed by atoms with van der Waals surface area (Å²) in [7, 11) is 4.68. The van der Waals surface area contributed by atoms with E-state index < -0.39 is 55.6 Å². The Bertz CT molecular complexity index is 6420. The summed E-state index contributed by atoms with van der Waals surface area (Å²) in [6.07, 6.45) is 15.7. The fourth-order valence-electron chi connectivity index (χ4n) is 10.5. The number of halogens is 6. The van der Waals surface area contributed by atoms with Crippen molar-refractivity contribution in [1.82, 2.24) is 78.8 Å². The molecule has 0 aliphatic carbocycles. The molecule has 0 unspecified atom stereocenters. The third kappa shape index (κ3) is 27.0. The van der Waals surface area contributed by atoms with Crippen molar-refractivity contribution < 1.29 is 107 Å². The second-order valence-corrected chi connectivity index (χ2v) is 25.0. The Labute approximate surface area is 731 Å². The normalized spacial score (nSPS) is 10.2. The second-order valence-electron chi connectivity index (χ2n) is 24.2. The van der Waals surface area contributed by atoms with Crippen LogP contribution in [0, 0.1) is 59.4 Å². The Morgan fingerprint density at radius 3 is 1.26 bits per heavy atom. The van der Waals surface area contributed by atoms with Crippen LogP contribution < -0.4 is 35.3 Å². The molecule has 0 saturated heterocycles. The molecule has 0 atom stereocenters. The molecular formula is C80H75ClF5FeN21O17S. The molecule has 0 spiro atoms. The Hall–Kier alpha value is -15.4. The minimum absolute atomic E-state index is 0. The number of anilines is 2. The van der Waals surface area contributed by atoms with Crippen molar-refractivity contribution in [3.8, 4) is 52.3 Å². The molecule has 6 aromatic carbocycles. The van der Waals surface area contributed by atoms with Gasteiger partial charge in [0.1, 0.15) is 79.4 Å². The molecule has 16 aromatic rings. The number of H-pyrrole nitrogens is 2. The summed E-state index contributed by atoms with van der Waals surface area (Å²) in [5.74, 6) is -5.10. The van der Waals surface area contributed by atoms with Gasteiger partial charge in [0.25, 0.3) is 23.0 Å². The zero-order valence-corrected chi connectivity index (χ0v) is 66.5. The quantitative estimate of drug-likeness (QED) is 0.00708. The number of benzene rings is 6. The van der Waals surface area contributed by atoms with Crippen LogP contribution in [0.4, 0.5) is 50.4 Å². The summed E-state index contributed by atoms with van der Waals surface area (Å²) < 4.78 is 111. The number of carbonyl (C=O) groups excluding carboxylic acids is 1. The van der Waals surface area contributed by atoms with Gasteiger partial charge in [-0.15, -0.1) is 0 Å². The molecule has 46 heteroatoms. The number of ether oxygens (including phenoxy) is 7. The number of aromatic amines is 2. The largest absolute Gasteiger partial charge is 0.505 e. The zero-order chi connectivity index (χ0) is 87.5. The van der Waals surface area contributed by atoms with Gasteiger partial charge in [-0.1, -0.05) is 64.2 Å². The van der Waals surface area contributed by atoms with Gasteiger partial charge in [0, 0.05) is 118 Å². The average molecular weight is 1820 g/mol. The first-order valence-electron chi connectivity index (χ1n) is 34.7. The van der Waals surface area contributed by atoms with Gasteiger partial charge in [-0.25, -0.2) is 51.9 Å². The number of aliphatic carboxylic acids is 1. The molecule has 1 amide bonds. The fourth-order valence-corrected chi connectivity index (χ4v) is 10.9. The molecule has 0 bridgehead atoms. The number of amides is 1. The van der Waals surface area contributed by atoms with E-state index in [4.69, 9.17) is 77.7 Å². The zero-order valence-electron chi connectivity index (χ0n) is 63.8. The summed E-state index contributed by atoms with van der Waals surface area (Å²) in [6.45, 7) is 1.92. The maximum absolute atomic E-state index is 14.7. The summed E-state index contributed by atoms with van der Waals surface area (Å²) in [5, 5.41) is 53.2. The molecule has 0 saturated carbocycles. The number of nitrogens with zero attached hydrogens (tertiary/aromatic N) is 16. The Kier molecular flexibility index (Phi) is 37.6.